The van der Waals surface area contributed by atoms with Crippen molar-refractivity contribution in [2.24, 2.45) is 5.92 Å². The topological polar surface area (TPSA) is 60.8 Å². The van der Waals surface area contributed by atoms with Crippen molar-refractivity contribution in [2.75, 3.05) is 11.4 Å². The number of rotatable bonds is 1. The predicted octanol–water partition coefficient (Wildman–Crippen LogP) is 1.62. The van der Waals surface area contributed by atoms with Gasteiger partial charge in [0, 0.05) is 23.8 Å². The molecule has 3 rings (SSSR count). The van der Waals surface area contributed by atoms with Gasteiger partial charge in [-0.15, -0.1) is 0 Å². The number of phenols is 1. The van der Waals surface area contributed by atoms with Gasteiger partial charge in [-0.3, -0.25) is 4.79 Å². The van der Waals surface area contributed by atoms with Gasteiger partial charge in [0.15, 0.2) is 0 Å². The van der Waals surface area contributed by atoms with Crippen LogP contribution in [0.1, 0.15) is 18.4 Å². The molecule has 0 spiro atoms. The summed E-state index contributed by atoms with van der Waals surface area (Å²) >= 11 is 0. The second-order valence-corrected chi connectivity index (χ2v) is 4.90. The zero-order chi connectivity index (χ0) is 12.0. The number of carbonyl (C=O) groups is 1. The predicted molar refractivity (Wildman–Crippen MR) is 63.3 cm³/mol. The molecule has 4 heteroatoms. The van der Waals surface area contributed by atoms with E-state index in [4.69, 9.17) is 5.11 Å². The van der Waals surface area contributed by atoms with E-state index < -0.39 is 5.97 Å². The van der Waals surface area contributed by atoms with E-state index in [-0.39, 0.29) is 5.92 Å². The minimum atomic E-state index is -0.711. The third-order valence-corrected chi connectivity index (χ3v) is 3.93. The fourth-order valence-electron chi connectivity index (χ4n) is 3.01. The molecule has 17 heavy (non-hydrogen) atoms. The van der Waals surface area contributed by atoms with Crippen LogP contribution >= 0.6 is 0 Å². The largest absolute Gasteiger partial charge is 0.508 e. The first kappa shape index (κ1) is 10.4. The Morgan fingerprint density at radius 2 is 2.18 bits per heavy atom. The molecule has 1 aromatic rings. The lowest BCUT2D eigenvalue weighted by Crippen LogP contribution is -2.43. The van der Waals surface area contributed by atoms with E-state index in [1.807, 2.05) is 12.1 Å². The zero-order valence-electron chi connectivity index (χ0n) is 9.47. The quantitative estimate of drug-likeness (QED) is 0.773. The van der Waals surface area contributed by atoms with Gasteiger partial charge in [0.2, 0.25) is 0 Å². The Balaban J connectivity index is 1.93. The Morgan fingerprint density at radius 3 is 2.94 bits per heavy atom. The van der Waals surface area contributed by atoms with Crippen molar-refractivity contribution in [1.82, 2.24) is 0 Å². The summed E-state index contributed by atoms with van der Waals surface area (Å²) in [4.78, 5) is 13.2. The van der Waals surface area contributed by atoms with Crippen molar-refractivity contribution in [3.63, 3.8) is 0 Å². The maximum absolute atomic E-state index is 11.0. The van der Waals surface area contributed by atoms with Gasteiger partial charge < -0.3 is 15.1 Å². The Bertz CT molecular complexity index is 472. The molecule has 2 unspecified atom stereocenters. The van der Waals surface area contributed by atoms with Crippen molar-refractivity contribution in [3.8, 4) is 5.75 Å². The third kappa shape index (κ3) is 1.55. The number of hydrogen-bond donors (Lipinski definition) is 2. The Labute approximate surface area is 99.5 Å². The molecular weight excluding hydrogens is 218 g/mol. The number of nitrogens with zero attached hydrogens (tertiary/aromatic N) is 1. The molecule has 1 aromatic carbocycles. The van der Waals surface area contributed by atoms with Crippen molar-refractivity contribution < 1.29 is 15.0 Å². The van der Waals surface area contributed by atoms with Crippen LogP contribution in [0, 0.1) is 5.92 Å². The zero-order valence-corrected chi connectivity index (χ0v) is 9.47. The number of carboxylic acids is 1. The Kier molecular flexibility index (Phi) is 2.24. The van der Waals surface area contributed by atoms with Gasteiger partial charge in [-0.25, -0.2) is 0 Å². The molecule has 1 fully saturated rings. The van der Waals surface area contributed by atoms with Crippen LogP contribution in [0.2, 0.25) is 0 Å². The summed E-state index contributed by atoms with van der Waals surface area (Å²) < 4.78 is 0. The molecule has 2 aliphatic heterocycles. The molecule has 2 N–H and O–H groups in total. The molecule has 2 atom stereocenters. The monoisotopic (exact) mass is 233 g/mol. The molecule has 4 nitrogen and oxygen atoms in total. The number of aliphatic carboxylic acids is 1. The van der Waals surface area contributed by atoms with Crippen LogP contribution in [0.5, 0.6) is 5.75 Å². The number of phenolic OH excluding ortho intramolecular Hbond substituents is 1. The summed E-state index contributed by atoms with van der Waals surface area (Å²) in [6.07, 6.45) is 2.48. The fourth-order valence-corrected chi connectivity index (χ4v) is 3.01. The summed E-state index contributed by atoms with van der Waals surface area (Å²) in [7, 11) is 0. The average molecular weight is 233 g/mol. The summed E-state index contributed by atoms with van der Waals surface area (Å²) in [6, 6.07) is 5.86. The van der Waals surface area contributed by atoms with Gasteiger partial charge >= 0.3 is 5.97 Å². The SMILES string of the molecule is O=C(O)C1CCC2Cc3c(O)cccc3N2C1. The number of aromatic hydroxyl groups is 1. The molecule has 0 aliphatic carbocycles. The van der Waals surface area contributed by atoms with Crippen molar-refractivity contribution in [1.29, 1.82) is 0 Å². The van der Waals surface area contributed by atoms with E-state index in [1.165, 1.54) is 0 Å². The minimum absolute atomic E-state index is 0.278. The summed E-state index contributed by atoms with van der Waals surface area (Å²) in [5, 5.41) is 18.9. The highest BCUT2D eigenvalue weighted by atomic mass is 16.4. The van der Waals surface area contributed by atoms with E-state index in [0.29, 0.717) is 18.3 Å². The maximum atomic E-state index is 11.0. The van der Waals surface area contributed by atoms with Gasteiger partial charge in [-0.2, -0.15) is 0 Å². The van der Waals surface area contributed by atoms with E-state index in [1.54, 1.807) is 6.07 Å². The maximum Gasteiger partial charge on any atom is 0.308 e. The molecule has 1 saturated heterocycles. The van der Waals surface area contributed by atoms with Crippen molar-refractivity contribution in [2.45, 2.75) is 25.3 Å². The van der Waals surface area contributed by atoms with Crippen LogP contribution in [0.4, 0.5) is 5.69 Å². The highest BCUT2D eigenvalue weighted by molar-refractivity contribution is 5.73. The minimum Gasteiger partial charge on any atom is -0.508 e. The lowest BCUT2D eigenvalue weighted by atomic mass is 9.93. The van der Waals surface area contributed by atoms with Crippen molar-refractivity contribution in [3.05, 3.63) is 23.8 Å². The second kappa shape index (κ2) is 3.65. The van der Waals surface area contributed by atoms with E-state index in [9.17, 15) is 9.90 Å². The number of benzene rings is 1. The average Bonchev–Trinajstić information content (AvgIpc) is 2.68. The summed E-state index contributed by atoms with van der Waals surface area (Å²) in [6.45, 7) is 0.566. The smallest absolute Gasteiger partial charge is 0.308 e. The Morgan fingerprint density at radius 1 is 1.35 bits per heavy atom. The highest BCUT2D eigenvalue weighted by Crippen LogP contribution is 2.41. The molecular formula is C13H15NO3. The normalized spacial score (nSPS) is 26.5. The van der Waals surface area contributed by atoms with E-state index in [2.05, 4.69) is 4.90 Å². The van der Waals surface area contributed by atoms with E-state index >= 15 is 0 Å². The van der Waals surface area contributed by atoms with Crippen LogP contribution < -0.4 is 4.90 Å². The van der Waals surface area contributed by atoms with Gasteiger partial charge in [0.05, 0.1) is 5.92 Å². The molecule has 2 heterocycles. The number of anilines is 1. The standard InChI is InChI=1S/C13H15NO3/c15-12-3-1-2-11-10(12)6-9-5-4-8(13(16)17)7-14(9)11/h1-3,8-9,15H,4-7H2,(H,16,17). The molecule has 2 aliphatic rings. The molecule has 0 radical (unpaired) electrons. The van der Waals surface area contributed by atoms with Crippen LogP contribution in [-0.4, -0.2) is 28.8 Å². The first-order chi connectivity index (χ1) is 8.16. The van der Waals surface area contributed by atoms with Gasteiger partial charge in [-0.1, -0.05) is 6.07 Å². The lowest BCUT2D eigenvalue weighted by Gasteiger charge is -2.35. The summed E-state index contributed by atoms with van der Waals surface area (Å²) in [5.41, 5.74) is 1.99. The molecule has 0 aromatic heterocycles. The number of piperidine rings is 1. The van der Waals surface area contributed by atoms with Gasteiger partial charge in [0.1, 0.15) is 5.75 Å². The molecule has 0 amide bonds. The number of carboxylic acid groups (broad SMARTS) is 1. The number of hydrogen-bond acceptors (Lipinski definition) is 3. The first-order valence-corrected chi connectivity index (χ1v) is 5.97. The summed E-state index contributed by atoms with van der Waals surface area (Å²) in [5.74, 6) is -0.652. The van der Waals surface area contributed by atoms with Gasteiger partial charge in [-0.05, 0) is 31.4 Å². The fraction of sp³-hybridized carbons (Fsp3) is 0.462. The van der Waals surface area contributed by atoms with Crippen LogP contribution in [0.25, 0.3) is 0 Å². The molecule has 0 saturated carbocycles. The van der Waals surface area contributed by atoms with Crippen molar-refractivity contribution >= 4 is 11.7 Å². The van der Waals surface area contributed by atoms with Gasteiger partial charge in [0.25, 0.3) is 0 Å². The Hall–Kier alpha value is -1.71. The lowest BCUT2D eigenvalue weighted by molar-refractivity contribution is -0.142. The molecule has 0 bridgehead atoms. The first-order valence-electron chi connectivity index (χ1n) is 5.97. The molecule has 90 valence electrons. The number of fused-ring (bicyclic) bond motifs is 3. The second-order valence-electron chi connectivity index (χ2n) is 4.90. The highest BCUT2D eigenvalue weighted by Gasteiger charge is 2.37. The third-order valence-electron chi connectivity index (χ3n) is 3.93. The van der Waals surface area contributed by atoms with Crippen LogP contribution in [0.3, 0.4) is 0 Å². The van der Waals surface area contributed by atoms with E-state index in [0.717, 1.165) is 30.5 Å². The van der Waals surface area contributed by atoms with Crippen LogP contribution in [0.15, 0.2) is 18.2 Å². The van der Waals surface area contributed by atoms with Crippen LogP contribution in [-0.2, 0) is 11.2 Å².